The van der Waals surface area contributed by atoms with E-state index < -0.39 is 6.03 Å². The highest BCUT2D eigenvalue weighted by molar-refractivity contribution is 5.83. The number of rotatable bonds is 6. The lowest BCUT2D eigenvalue weighted by molar-refractivity contribution is 0.249. The largest absolute Gasteiger partial charge is 0.350 e. The molecule has 9 heteroatoms. The van der Waals surface area contributed by atoms with Crippen molar-refractivity contribution in [3.05, 3.63) is 53.9 Å². The van der Waals surface area contributed by atoms with E-state index in [1.165, 1.54) is 6.21 Å². The summed E-state index contributed by atoms with van der Waals surface area (Å²) in [5.74, 6) is 1.93. The fraction of sp³-hybridized carbons (Fsp3) is 0.188. The lowest BCUT2D eigenvalue weighted by Crippen LogP contribution is -2.24. The molecule has 9 nitrogen and oxygen atoms in total. The van der Waals surface area contributed by atoms with Crippen LogP contribution in [0.2, 0.25) is 0 Å². The van der Waals surface area contributed by atoms with Gasteiger partial charge in [0.1, 0.15) is 12.4 Å². The zero-order valence-corrected chi connectivity index (χ0v) is 13.6. The van der Waals surface area contributed by atoms with Crippen LogP contribution in [0, 0.1) is 0 Å². The van der Waals surface area contributed by atoms with E-state index in [0.29, 0.717) is 18.3 Å². The van der Waals surface area contributed by atoms with Gasteiger partial charge in [-0.05, 0) is 11.6 Å². The molecule has 3 aromatic rings. The summed E-state index contributed by atoms with van der Waals surface area (Å²) in [6.07, 6.45) is 5.94. The lowest BCUT2D eigenvalue weighted by Gasteiger charge is -2.01. The quantitative estimate of drug-likeness (QED) is 0.521. The third-order valence-electron chi connectivity index (χ3n) is 3.42. The van der Waals surface area contributed by atoms with E-state index in [-0.39, 0.29) is 0 Å². The average Bonchev–Trinajstić information content (AvgIpc) is 3.24. The van der Waals surface area contributed by atoms with Gasteiger partial charge in [0.05, 0.1) is 6.21 Å². The number of urea groups is 1. The number of hydrazone groups is 1. The SMILES string of the molecule is CCc1nccn1Cc1nc(-c2cccc(C=NNC(N)=O)c2)no1. The second kappa shape index (κ2) is 7.39. The topological polar surface area (TPSA) is 124 Å². The molecule has 3 N–H and O–H groups in total. The van der Waals surface area contributed by atoms with E-state index in [0.717, 1.165) is 23.4 Å². The second-order valence-corrected chi connectivity index (χ2v) is 5.20. The number of nitrogens with zero attached hydrogens (tertiary/aromatic N) is 5. The Hall–Kier alpha value is -3.49. The van der Waals surface area contributed by atoms with Crippen LogP contribution < -0.4 is 11.2 Å². The number of amides is 2. The van der Waals surface area contributed by atoms with Gasteiger partial charge in [0.25, 0.3) is 0 Å². The molecule has 0 spiro atoms. The summed E-state index contributed by atoms with van der Waals surface area (Å²) in [5.41, 5.74) is 8.64. The van der Waals surface area contributed by atoms with E-state index in [9.17, 15) is 4.79 Å². The highest BCUT2D eigenvalue weighted by atomic mass is 16.5. The number of hydrogen-bond donors (Lipinski definition) is 2. The number of imidazole rings is 1. The summed E-state index contributed by atoms with van der Waals surface area (Å²) in [7, 11) is 0. The van der Waals surface area contributed by atoms with Crippen molar-refractivity contribution in [3.8, 4) is 11.4 Å². The predicted molar refractivity (Wildman–Crippen MR) is 90.8 cm³/mol. The van der Waals surface area contributed by atoms with Gasteiger partial charge in [0, 0.05) is 24.4 Å². The molecule has 0 atom stereocenters. The number of benzene rings is 1. The van der Waals surface area contributed by atoms with Gasteiger partial charge in [-0.1, -0.05) is 30.3 Å². The van der Waals surface area contributed by atoms with E-state index >= 15 is 0 Å². The van der Waals surface area contributed by atoms with Gasteiger partial charge < -0.3 is 14.8 Å². The van der Waals surface area contributed by atoms with Crippen molar-refractivity contribution in [1.29, 1.82) is 0 Å². The number of hydrogen-bond acceptors (Lipinski definition) is 6. The Balaban J connectivity index is 1.76. The highest BCUT2D eigenvalue weighted by Crippen LogP contribution is 2.17. The first-order valence-electron chi connectivity index (χ1n) is 7.67. The number of aryl methyl sites for hydroxylation is 1. The Morgan fingerprint density at radius 2 is 2.36 bits per heavy atom. The van der Waals surface area contributed by atoms with Crippen LogP contribution in [0.15, 0.2) is 46.3 Å². The molecule has 0 bridgehead atoms. The fourth-order valence-corrected chi connectivity index (χ4v) is 2.31. The van der Waals surface area contributed by atoms with Crippen LogP contribution in [0.5, 0.6) is 0 Å². The molecule has 3 rings (SSSR count). The normalized spacial score (nSPS) is 11.1. The Bertz CT molecular complexity index is 897. The standard InChI is InChI=1S/C16H17N7O2/c1-2-13-18-6-7-23(13)10-14-20-15(22-25-14)12-5-3-4-11(8-12)9-19-21-16(17)24/h3-9H,2,10H2,1H3,(H3,17,21,24). The van der Waals surface area contributed by atoms with Crippen molar-refractivity contribution in [2.45, 2.75) is 19.9 Å². The van der Waals surface area contributed by atoms with Gasteiger partial charge in [-0.15, -0.1) is 0 Å². The monoisotopic (exact) mass is 339 g/mol. The number of aromatic nitrogens is 4. The summed E-state index contributed by atoms with van der Waals surface area (Å²) in [6.45, 7) is 2.51. The fourth-order valence-electron chi connectivity index (χ4n) is 2.31. The molecule has 0 saturated carbocycles. The zero-order valence-electron chi connectivity index (χ0n) is 13.6. The van der Waals surface area contributed by atoms with Crippen LogP contribution in [-0.2, 0) is 13.0 Å². The molecule has 0 unspecified atom stereocenters. The molecule has 0 radical (unpaired) electrons. The van der Waals surface area contributed by atoms with Gasteiger partial charge in [-0.2, -0.15) is 10.1 Å². The predicted octanol–water partition coefficient (Wildman–Crippen LogP) is 1.55. The van der Waals surface area contributed by atoms with Crippen LogP contribution in [0.4, 0.5) is 4.79 Å². The van der Waals surface area contributed by atoms with E-state index in [1.807, 2.05) is 42.0 Å². The first-order chi connectivity index (χ1) is 12.2. The molecule has 0 aliphatic heterocycles. The van der Waals surface area contributed by atoms with Crippen LogP contribution in [0.1, 0.15) is 24.2 Å². The molecule has 2 amide bonds. The van der Waals surface area contributed by atoms with Crippen molar-refractivity contribution >= 4 is 12.2 Å². The maximum absolute atomic E-state index is 10.6. The van der Waals surface area contributed by atoms with Crippen molar-refractivity contribution in [3.63, 3.8) is 0 Å². The first kappa shape index (κ1) is 16.4. The van der Waals surface area contributed by atoms with Crippen molar-refractivity contribution < 1.29 is 9.32 Å². The first-order valence-corrected chi connectivity index (χ1v) is 7.67. The van der Waals surface area contributed by atoms with Gasteiger partial charge >= 0.3 is 6.03 Å². The molecule has 0 aliphatic carbocycles. The molecule has 0 fully saturated rings. The second-order valence-electron chi connectivity index (χ2n) is 5.20. The van der Waals surface area contributed by atoms with Crippen LogP contribution in [0.3, 0.4) is 0 Å². The molecule has 128 valence electrons. The van der Waals surface area contributed by atoms with Crippen molar-refractivity contribution in [2.24, 2.45) is 10.8 Å². The maximum atomic E-state index is 10.6. The Kier molecular flexibility index (Phi) is 4.84. The minimum atomic E-state index is -0.721. The van der Waals surface area contributed by atoms with Crippen molar-refractivity contribution in [1.82, 2.24) is 25.1 Å². The van der Waals surface area contributed by atoms with Crippen molar-refractivity contribution in [2.75, 3.05) is 0 Å². The van der Waals surface area contributed by atoms with E-state index in [4.69, 9.17) is 10.3 Å². The Morgan fingerprint density at radius 1 is 1.48 bits per heavy atom. The van der Waals surface area contributed by atoms with Crippen LogP contribution >= 0.6 is 0 Å². The minimum absolute atomic E-state index is 0.472. The maximum Gasteiger partial charge on any atom is 0.332 e. The average molecular weight is 339 g/mol. The van der Waals surface area contributed by atoms with E-state index in [1.54, 1.807) is 6.20 Å². The third-order valence-corrected chi connectivity index (χ3v) is 3.42. The Labute approximate surface area is 143 Å². The van der Waals surface area contributed by atoms with Gasteiger partial charge in [0.15, 0.2) is 0 Å². The molecule has 2 heterocycles. The molecular formula is C16H17N7O2. The summed E-state index contributed by atoms with van der Waals surface area (Å²) in [6, 6.07) is 6.64. The Morgan fingerprint density at radius 3 is 3.16 bits per heavy atom. The van der Waals surface area contributed by atoms with Crippen LogP contribution in [0.25, 0.3) is 11.4 Å². The van der Waals surface area contributed by atoms with Gasteiger partial charge in [0.2, 0.25) is 11.7 Å². The smallest absolute Gasteiger partial charge is 0.332 e. The molecule has 0 aliphatic rings. The summed E-state index contributed by atoms with van der Waals surface area (Å²) in [4.78, 5) is 19.3. The van der Waals surface area contributed by atoms with Gasteiger partial charge in [-0.25, -0.2) is 15.2 Å². The number of nitrogens with two attached hydrogens (primary N) is 1. The molecule has 2 aromatic heterocycles. The number of carbonyl (C=O) groups is 1. The van der Waals surface area contributed by atoms with Crippen LogP contribution in [-0.4, -0.2) is 31.9 Å². The molecular weight excluding hydrogens is 322 g/mol. The summed E-state index contributed by atoms with van der Waals surface area (Å²) >= 11 is 0. The van der Waals surface area contributed by atoms with Gasteiger partial charge in [-0.3, -0.25) is 0 Å². The summed E-state index contributed by atoms with van der Waals surface area (Å²) in [5, 5.41) is 7.74. The zero-order chi connectivity index (χ0) is 17.6. The number of nitrogens with one attached hydrogen (secondary N) is 1. The highest BCUT2D eigenvalue weighted by Gasteiger charge is 2.11. The van der Waals surface area contributed by atoms with E-state index in [2.05, 4.69) is 25.7 Å². The minimum Gasteiger partial charge on any atom is -0.350 e. The number of carbonyl (C=O) groups excluding carboxylic acids is 1. The third kappa shape index (κ3) is 4.08. The lowest BCUT2D eigenvalue weighted by atomic mass is 10.1. The molecule has 1 aromatic carbocycles. The molecule has 0 saturated heterocycles. The summed E-state index contributed by atoms with van der Waals surface area (Å²) < 4.78 is 7.30. The number of primary amides is 1. The molecule has 25 heavy (non-hydrogen) atoms.